The number of rotatable bonds is 5. The Kier molecular flexibility index (Phi) is 4.07. The fraction of sp³-hybridized carbons (Fsp3) is 0.800. The monoisotopic (exact) mass is 198 g/mol. The molecule has 0 spiro atoms. The van der Waals surface area contributed by atoms with Crippen LogP contribution in [0, 0.1) is 0 Å². The minimum atomic E-state index is -0.0119. The predicted molar refractivity (Wildman–Crippen MR) is 53.7 cm³/mol. The van der Waals surface area contributed by atoms with Gasteiger partial charge in [-0.2, -0.15) is 0 Å². The Morgan fingerprint density at radius 1 is 1.14 bits per heavy atom. The van der Waals surface area contributed by atoms with Gasteiger partial charge in [-0.3, -0.25) is 14.5 Å². The molecule has 1 aliphatic heterocycles. The lowest BCUT2D eigenvalue weighted by molar-refractivity contribution is -0.138. The number of likely N-dealkylation sites (N-methyl/N-ethyl adjacent to an activating group) is 1. The van der Waals surface area contributed by atoms with Crippen LogP contribution in [-0.2, 0) is 9.59 Å². The van der Waals surface area contributed by atoms with E-state index in [9.17, 15) is 9.59 Å². The summed E-state index contributed by atoms with van der Waals surface area (Å²) in [7, 11) is 0. The lowest BCUT2D eigenvalue weighted by Gasteiger charge is -2.21. The summed E-state index contributed by atoms with van der Waals surface area (Å²) >= 11 is 0. The van der Waals surface area contributed by atoms with Crippen molar-refractivity contribution in [2.75, 3.05) is 26.2 Å². The molecule has 1 saturated heterocycles. The Morgan fingerprint density at radius 2 is 1.64 bits per heavy atom. The second-order valence-corrected chi connectivity index (χ2v) is 3.47. The number of likely N-dealkylation sites (tertiary alicyclic amines) is 1. The van der Waals surface area contributed by atoms with E-state index in [1.54, 1.807) is 0 Å². The van der Waals surface area contributed by atoms with Gasteiger partial charge < -0.3 is 4.90 Å². The third-order valence-corrected chi connectivity index (χ3v) is 2.69. The smallest absolute Gasteiger partial charge is 0.229 e. The minimum Gasteiger partial charge on any atom is -0.302 e. The molecule has 14 heavy (non-hydrogen) atoms. The molecule has 0 saturated carbocycles. The molecule has 0 radical (unpaired) electrons. The highest BCUT2D eigenvalue weighted by Crippen LogP contribution is 2.10. The van der Waals surface area contributed by atoms with Gasteiger partial charge in [0, 0.05) is 25.9 Å². The fourth-order valence-electron chi connectivity index (χ4n) is 1.65. The van der Waals surface area contributed by atoms with E-state index in [0.717, 1.165) is 19.6 Å². The van der Waals surface area contributed by atoms with Crippen LogP contribution in [0.5, 0.6) is 0 Å². The van der Waals surface area contributed by atoms with Crippen molar-refractivity contribution in [1.82, 2.24) is 9.80 Å². The van der Waals surface area contributed by atoms with E-state index in [1.807, 2.05) is 0 Å². The van der Waals surface area contributed by atoms with Gasteiger partial charge in [-0.1, -0.05) is 13.8 Å². The Balaban J connectivity index is 2.36. The molecule has 4 heteroatoms. The van der Waals surface area contributed by atoms with E-state index in [2.05, 4.69) is 18.7 Å². The van der Waals surface area contributed by atoms with Crippen LogP contribution in [0.2, 0.25) is 0 Å². The normalized spacial score (nSPS) is 17.2. The number of nitrogens with zero attached hydrogens (tertiary/aromatic N) is 2. The third kappa shape index (κ3) is 2.54. The van der Waals surface area contributed by atoms with Crippen LogP contribution in [0.25, 0.3) is 0 Å². The molecule has 1 aliphatic rings. The molecular weight excluding hydrogens is 180 g/mol. The molecule has 1 heterocycles. The SMILES string of the molecule is CCN(CC)CCN1C(=O)CCC1=O. The zero-order valence-electron chi connectivity index (χ0n) is 8.95. The summed E-state index contributed by atoms with van der Waals surface area (Å²) in [5, 5.41) is 0. The number of carbonyl (C=O) groups excluding carboxylic acids is 2. The second-order valence-electron chi connectivity index (χ2n) is 3.47. The van der Waals surface area contributed by atoms with Crippen LogP contribution in [0.1, 0.15) is 26.7 Å². The van der Waals surface area contributed by atoms with Gasteiger partial charge in [0.1, 0.15) is 0 Å². The summed E-state index contributed by atoms with van der Waals surface area (Å²) in [5.74, 6) is -0.0238. The van der Waals surface area contributed by atoms with Crippen LogP contribution >= 0.6 is 0 Å². The number of imide groups is 1. The van der Waals surface area contributed by atoms with E-state index in [1.165, 1.54) is 4.90 Å². The number of amides is 2. The van der Waals surface area contributed by atoms with Gasteiger partial charge in [0.2, 0.25) is 11.8 Å². The van der Waals surface area contributed by atoms with Gasteiger partial charge in [-0.25, -0.2) is 0 Å². The zero-order valence-corrected chi connectivity index (χ0v) is 8.95. The van der Waals surface area contributed by atoms with Crippen molar-refractivity contribution >= 4 is 11.8 Å². The van der Waals surface area contributed by atoms with Crippen molar-refractivity contribution in [3.63, 3.8) is 0 Å². The van der Waals surface area contributed by atoms with Crippen LogP contribution in [0.4, 0.5) is 0 Å². The van der Waals surface area contributed by atoms with Gasteiger partial charge in [-0.05, 0) is 13.1 Å². The lowest BCUT2D eigenvalue weighted by Crippen LogP contribution is -2.37. The van der Waals surface area contributed by atoms with Crippen molar-refractivity contribution < 1.29 is 9.59 Å². The molecule has 1 rings (SSSR count). The quantitative estimate of drug-likeness (QED) is 0.603. The lowest BCUT2D eigenvalue weighted by atomic mass is 10.4. The minimum absolute atomic E-state index is 0.0119. The molecule has 0 bridgehead atoms. The average molecular weight is 198 g/mol. The maximum absolute atomic E-state index is 11.3. The predicted octanol–water partition coefficient (Wildman–Crippen LogP) is 0.477. The second kappa shape index (κ2) is 5.10. The van der Waals surface area contributed by atoms with Crippen LogP contribution in [0.15, 0.2) is 0 Å². The Bertz CT molecular complexity index is 208. The largest absolute Gasteiger partial charge is 0.302 e. The summed E-state index contributed by atoms with van der Waals surface area (Å²) in [6, 6.07) is 0. The summed E-state index contributed by atoms with van der Waals surface area (Å²) in [5.41, 5.74) is 0. The highest BCUT2D eigenvalue weighted by Gasteiger charge is 2.28. The van der Waals surface area contributed by atoms with E-state index >= 15 is 0 Å². The van der Waals surface area contributed by atoms with Crippen molar-refractivity contribution in [3.05, 3.63) is 0 Å². The zero-order chi connectivity index (χ0) is 10.6. The van der Waals surface area contributed by atoms with Crippen molar-refractivity contribution in [1.29, 1.82) is 0 Å². The average Bonchev–Trinajstić information content (AvgIpc) is 2.50. The Morgan fingerprint density at radius 3 is 2.07 bits per heavy atom. The summed E-state index contributed by atoms with van der Waals surface area (Å²) in [6.07, 6.45) is 0.800. The summed E-state index contributed by atoms with van der Waals surface area (Å²) in [6.45, 7) is 7.44. The third-order valence-electron chi connectivity index (χ3n) is 2.69. The highest BCUT2D eigenvalue weighted by atomic mass is 16.2. The summed E-state index contributed by atoms with van der Waals surface area (Å²) < 4.78 is 0. The van der Waals surface area contributed by atoms with Gasteiger partial charge in [0.25, 0.3) is 0 Å². The molecule has 4 nitrogen and oxygen atoms in total. The summed E-state index contributed by atoms with van der Waals surface area (Å²) in [4.78, 5) is 26.1. The molecule has 1 fully saturated rings. The van der Waals surface area contributed by atoms with E-state index in [0.29, 0.717) is 19.4 Å². The van der Waals surface area contributed by atoms with Crippen molar-refractivity contribution in [2.24, 2.45) is 0 Å². The number of hydrogen-bond acceptors (Lipinski definition) is 3. The van der Waals surface area contributed by atoms with Gasteiger partial charge >= 0.3 is 0 Å². The molecular formula is C10H18N2O2. The first-order chi connectivity index (χ1) is 6.69. The van der Waals surface area contributed by atoms with E-state index < -0.39 is 0 Å². The van der Waals surface area contributed by atoms with Crippen LogP contribution < -0.4 is 0 Å². The first-order valence-electron chi connectivity index (χ1n) is 5.24. The van der Waals surface area contributed by atoms with E-state index in [-0.39, 0.29) is 11.8 Å². The maximum Gasteiger partial charge on any atom is 0.229 e. The van der Waals surface area contributed by atoms with Gasteiger partial charge in [-0.15, -0.1) is 0 Å². The Labute approximate surface area is 84.9 Å². The van der Waals surface area contributed by atoms with Gasteiger partial charge in [0.05, 0.1) is 0 Å². The molecule has 0 aromatic carbocycles. The molecule has 0 unspecified atom stereocenters. The number of carbonyl (C=O) groups is 2. The van der Waals surface area contributed by atoms with Crippen molar-refractivity contribution in [2.45, 2.75) is 26.7 Å². The molecule has 80 valence electrons. The molecule has 0 N–H and O–H groups in total. The Hall–Kier alpha value is -0.900. The van der Waals surface area contributed by atoms with Gasteiger partial charge in [0.15, 0.2) is 0 Å². The van der Waals surface area contributed by atoms with Crippen LogP contribution in [-0.4, -0.2) is 47.8 Å². The number of hydrogen-bond donors (Lipinski definition) is 0. The molecule has 0 aromatic heterocycles. The molecule has 0 atom stereocenters. The molecule has 2 amide bonds. The maximum atomic E-state index is 11.3. The first kappa shape index (κ1) is 11.2. The molecule has 0 aliphatic carbocycles. The highest BCUT2D eigenvalue weighted by molar-refractivity contribution is 6.01. The first-order valence-corrected chi connectivity index (χ1v) is 5.24. The fourth-order valence-corrected chi connectivity index (χ4v) is 1.65. The van der Waals surface area contributed by atoms with Crippen molar-refractivity contribution in [3.8, 4) is 0 Å². The molecule has 0 aromatic rings. The standard InChI is InChI=1S/C10H18N2O2/c1-3-11(4-2)7-8-12-9(13)5-6-10(12)14/h3-8H2,1-2H3. The topological polar surface area (TPSA) is 40.6 Å². The van der Waals surface area contributed by atoms with Crippen LogP contribution in [0.3, 0.4) is 0 Å². The van der Waals surface area contributed by atoms with E-state index in [4.69, 9.17) is 0 Å².